The van der Waals surface area contributed by atoms with E-state index in [1.165, 1.54) is 11.1 Å². The summed E-state index contributed by atoms with van der Waals surface area (Å²) in [7, 11) is 2.24. The molecule has 2 N–H and O–H groups in total. The number of ether oxygens (including phenoxy) is 2. The Morgan fingerprint density at radius 3 is 2.55 bits per heavy atom. The Balaban J connectivity index is 1.37. The summed E-state index contributed by atoms with van der Waals surface area (Å²) in [6.45, 7) is 6.93. The van der Waals surface area contributed by atoms with Crippen molar-refractivity contribution in [3.8, 4) is 5.75 Å². The standard InChI is InChI=1S/C28H40N2O3/c1-4-32-17-18-33-23-15-13-21(14-16-23)20-29-24-11-8-12-26-28(2,27(24)31)19-25(30(26)3)22-9-6-5-7-10-22/h5-7,9-10,13-16,24-27,29,31H,4,8,11-12,17-20H2,1-3H3/t24-,25-,26-,27+,28-/m1/s1. The molecule has 0 bridgehead atoms. The maximum Gasteiger partial charge on any atom is 0.119 e. The molecular weight excluding hydrogens is 412 g/mol. The van der Waals surface area contributed by atoms with Crippen molar-refractivity contribution in [1.82, 2.24) is 10.2 Å². The second-order valence-electron chi connectivity index (χ2n) is 9.87. The number of hydrogen-bond donors (Lipinski definition) is 2. The summed E-state index contributed by atoms with van der Waals surface area (Å²) in [5, 5.41) is 15.3. The molecule has 5 nitrogen and oxygen atoms in total. The average Bonchev–Trinajstić information content (AvgIpc) is 3.03. The monoisotopic (exact) mass is 452 g/mol. The second kappa shape index (κ2) is 11.0. The normalized spacial score (nSPS) is 30.1. The van der Waals surface area contributed by atoms with E-state index in [1.807, 2.05) is 19.1 Å². The third kappa shape index (κ3) is 5.43. The van der Waals surface area contributed by atoms with E-state index in [-0.39, 0.29) is 17.6 Å². The number of benzene rings is 2. The molecule has 0 unspecified atom stereocenters. The number of fused-ring (bicyclic) bond motifs is 1. The van der Waals surface area contributed by atoms with Gasteiger partial charge in [-0.1, -0.05) is 55.8 Å². The number of aliphatic hydroxyl groups is 1. The fourth-order valence-corrected chi connectivity index (χ4v) is 5.94. The van der Waals surface area contributed by atoms with E-state index in [4.69, 9.17) is 9.47 Å². The summed E-state index contributed by atoms with van der Waals surface area (Å²) in [5.41, 5.74) is 2.44. The summed E-state index contributed by atoms with van der Waals surface area (Å²) in [6, 6.07) is 19.9. The van der Waals surface area contributed by atoms with E-state index < -0.39 is 0 Å². The molecule has 180 valence electrons. The van der Waals surface area contributed by atoms with Crippen molar-refractivity contribution in [3.05, 3.63) is 65.7 Å². The minimum atomic E-state index is -0.373. The van der Waals surface area contributed by atoms with Crippen molar-refractivity contribution in [2.24, 2.45) is 5.41 Å². The van der Waals surface area contributed by atoms with Crippen LogP contribution < -0.4 is 10.1 Å². The predicted octanol–water partition coefficient (Wildman–Crippen LogP) is 4.56. The Hall–Kier alpha value is -1.92. The topological polar surface area (TPSA) is 54.0 Å². The molecule has 5 atom stereocenters. The second-order valence-corrected chi connectivity index (χ2v) is 9.87. The van der Waals surface area contributed by atoms with Gasteiger partial charge in [0.2, 0.25) is 0 Å². The van der Waals surface area contributed by atoms with Gasteiger partial charge in [0.1, 0.15) is 12.4 Å². The van der Waals surface area contributed by atoms with Crippen LogP contribution in [0.2, 0.25) is 0 Å². The smallest absolute Gasteiger partial charge is 0.119 e. The van der Waals surface area contributed by atoms with Gasteiger partial charge in [0.25, 0.3) is 0 Å². The SMILES string of the molecule is CCOCCOc1ccc(CN[C@@H]2CCC[C@H]3N(C)[C@@H](c4ccccc4)C[C@@]3(C)[C@H]2O)cc1. The molecule has 5 heteroatoms. The van der Waals surface area contributed by atoms with Gasteiger partial charge in [-0.2, -0.15) is 0 Å². The van der Waals surface area contributed by atoms with Crippen LogP contribution in [0.1, 0.15) is 56.7 Å². The third-order valence-electron chi connectivity index (χ3n) is 7.80. The summed E-state index contributed by atoms with van der Waals surface area (Å²) >= 11 is 0. The highest BCUT2D eigenvalue weighted by molar-refractivity contribution is 5.27. The fourth-order valence-electron chi connectivity index (χ4n) is 5.94. The van der Waals surface area contributed by atoms with E-state index in [9.17, 15) is 5.11 Å². The molecule has 0 aromatic heterocycles. The van der Waals surface area contributed by atoms with Crippen molar-refractivity contribution in [1.29, 1.82) is 0 Å². The van der Waals surface area contributed by atoms with Crippen LogP contribution in [0, 0.1) is 5.41 Å². The highest BCUT2D eigenvalue weighted by atomic mass is 16.5. The van der Waals surface area contributed by atoms with Crippen LogP contribution in [-0.2, 0) is 11.3 Å². The van der Waals surface area contributed by atoms with Gasteiger partial charge in [-0.25, -0.2) is 0 Å². The first-order valence-electron chi connectivity index (χ1n) is 12.5. The van der Waals surface area contributed by atoms with Crippen LogP contribution in [0.3, 0.4) is 0 Å². The van der Waals surface area contributed by atoms with Crippen molar-refractivity contribution in [2.75, 3.05) is 26.9 Å². The maximum atomic E-state index is 11.6. The molecule has 2 aliphatic rings. The number of rotatable bonds is 9. The summed E-state index contributed by atoms with van der Waals surface area (Å²) in [4.78, 5) is 2.52. The number of aliphatic hydroxyl groups excluding tert-OH is 1. The molecule has 0 radical (unpaired) electrons. The molecule has 1 heterocycles. The average molecular weight is 453 g/mol. The van der Waals surface area contributed by atoms with Gasteiger partial charge in [0.15, 0.2) is 0 Å². The van der Waals surface area contributed by atoms with Crippen LogP contribution in [0.25, 0.3) is 0 Å². The minimum Gasteiger partial charge on any atom is -0.491 e. The van der Waals surface area contributed by atoms with Crippen LogP contribution in [0.5, 0.6) is 5.75 Å². The largest absolute Gasteiger partial charge is 0.491 e. The zero-order valence-corrected chi connectivity index (χ0v) is 20.4. The number of nitrogens with one attached hydrogen (secondary N) is 1. The van der Waals surface area contributed by atoms with E-state index in [0.717, 1.165) is 38.0 Å². The highest BCUT2D eigenvalue weighted by Crippen LogP contribution is 2.52. The highest BCUT2D eigenvalue weighted by Gasteiger charge is 2.54. The van der Waals surface area contributed by atoms with Crippen molar-refractivity contribution in [2.45, 2.75) is 70.3 Å². The van der Waals surface area contributed by atoms with E-state index >= 15 is 0 Å². The van der Waals surface area contributed by atoms with Crippen molar-refractivity contribution in [3.63, 3.8) is 0 Å². The van der Waals surface area contributed by atoms with Gasteiger partial charge < -0.3 is 19.9 Å². The van der Waals surface area contributed by atoms with Crippen LogP contribution in [-0.4, -0.2) is 55.1 Å². The first-order chi connectivity index (χ1) is 16.0. The molecule has 0 spiro atoms. The molecule has 2 aromatic rings. The van der Waals surface area contributed by atoms with E-state index in [1.54, 1.807) is 0 Å². The first-order valence-corrected chi connectivity index (χ1v) is 12.5. The third-order valence-corrected chi connectivity index (χ3v) is 7.80. The van der Waals surface area contributed by atoms with Gasteiger partial charge >= 0.3 is 0 Å². The Morgan fingerprint density at radius 1 is 1.06 bits per heavy atom. The Labute approximate surface area is 199 Å². The molecule has 1 saturated heterocycles. The summed E-state index contributed by atoms with van der Waals surface area (Å²) in [6.07, 6.45) is 3.90. The lowest BCUT2D eigenvalue weighted by molar-refractivity contribution is -0.00456. The Kier molecular flexibility index (Phi) is 8.07. The molecular formula is C28H40N2O3. The van der Waals surface area contributed by atoms with Crippen LogP contribution in [0.4, 0.5) is 0 Å². The molecule has 1 aliphatic heterocycles. The quantitative estimate of drug-likeness (QED) is 0.547. The number of likely N-dealkylation sites (tertiary alicyclic amines) is 1. The van der Waals surface area contributed by atoms with Gasteiger partial charge in [-0.15, -0.1) is 0 Å². The predicted molar refractivity (Wildman–Crippen MR) is 132 cm³/mol. The van der Waals surface area contributed by atoms with Crippen molar-refractivity contribution < 1.29 is 14.6 Å². The van der Waals surface area contributed by atoms with Gasteiger partial charge in [-0.3, -0.25) is 4.90 Å². The molecule has 2 fully saturated rings. The maximum absolute atomic E-state index is 11.6. The zero-order valence-electron chi connectivity index (χ0n) is 20.4. The van der Waals surface area contributed by atoms with Crippen LogP contribution in [0.15, 0.2) is 54.6 Å². The molecule has 4 rings (SSSR count). The van der Waals surface area contributed by atoms with E-state index in [0.29, 0.717) is 31.9 Å². The Bertz CT molecular complexity index is 859. The minimum absolute atomic E-state index is 0.102. The van der Waals surface area contributed by atoms with Crippen LogP contribution >= 0.6 is 0 Å². The molecule has 1 aliphatic carbocycles. The lowest BCUT2D eigenvalue weighted by Crippen LogP contribution is -2.51. The lowest BCUT2D eigenvalue weighted by atomic mass is 9.74. The van der Waals surface area contributed by atoms with Gasteiger partial charge in [-0.05, 0) is 56.5 Å². The molecule has 33 heavy (non-hydrogen) atoms. The Morgan fingerprint density at radius 2 is 1.82 bits per heavy atom. The van der Waals surface area contributed by atoms with Gasteiger partial charge in [0.05, 0.1) is 12.7 Å². The number of hydrogen-bond acceptors (Lipinski definition) is 5. The fraction of sp³-hybridized carbons (Fsp3) is 0.571. The number of nitrogens with zero attached hydrogens (tertiary/aromatic N) is 1. The zero-order chi connectivity index (χ0) is 23.3. The lowest BCUT2D eigenvalue weighted by Gasteiger charge is -2.39. The van der Waals surface area contributed by atoms with Gasteiger partial charge in [0, 0.05) is 36.7 Å². The molecule has 2 aromatic carbocycles. The first kappa shape index (κ1) is 24.2. The molecule has 1 saturated carbocycles. The summed E-state index contributed by atoms with van der Waals surface area (Å²) in [5.74, 6) is 0.865. The molecule has 0 amide bonds. The van der Waals surface area contributed by atoms with Crippen molar-refractivity contribution >= 4 is 0 Å². The summed E-state index contributed by atoms with van der Waals surface area (Å²) < 4.78 is 11.0. The van der Waals surface area contributed by atoms with E-state index in [2.05, 4.69) is 66.7 Å².